The van der Waals surface area contributed by atoms with Gasteiger partial charge < -0.3 is 0 Å². The molecule has 0 bridgehead atoms. The summed E-state index contributed by atoms with van der Waals surface area (Å²) < 4.78 is 0. The molecule has 0 atom stereocenters. The Morgan fingerprint density at radius 3 is 1.93 bits per heavy atom. The van der Waals surface area contributed by atoms with Crippen LogP contribution in [0.4, 0.5) is 0 Å². The highest BCUT2D eigenvalue weighted by Gasteiger charge is 1.93. The van der Waals surface area contributed by atoms with Crippen LogP contribution in [0.1, 0.15) is 41.0 Å². The Labute approximate surface area is 89.0 Å². The summed E-state index contributed by atoms with van der Waals surface area (Å²) in [7, 11) is 0. The molecule has 0 amide bonds. The molecule has 0 unspecified atom stereocenters. The molecule has 0 radical (unpaired) electrons. The van der Waals surface area contributed by atoms with E-state index >= 15 is 0 Å². The van der Waals surface area contributed by atoms with E-state index in [4.69, 9.17) is 0 Å². The summed E-state index contributed by atoms with van der Waals surface area (Å²) in [5, 5.41) is 0. The van der Waals surface area contributed by atoms with Crippen molar-refractivity contribution in [3.05, 3.63) is 36.6 Å². The largest absolute Gasteiger partial charge is 0.258 e. The molecular weight excluding hydrogens is 170 g/mol. The van der Waals surface area contributed by atoms with Gasteiger partial charge in [-0.25, -0.2) is 0 Å². The molecule has 0 aromatic rings. The molecule has 0 saturated heterocycles. The normalized spacial score (nSPS) is 12.2. The van der Waals surface area contributed by atoms with Gasteiger partial charge in [0.1, 0.15) is 0 Å². The third kappa shape index (κ3) is 6.41. The third-order valence-corrected chi connectivity index (χ3v) is 1.73. The molecular formula is C13H23N. The Balaban J connectivity index is 0. The van der Waals surface area contributed by atoms with E-state index in [-0.39, 0.29) is 0 Å². The highest BCUT2D eigenvalue weighted by molar-refractivity contribution is 5.82. The van der Waals surface area contributed by atoms with Crippen LogP contribution in [0.2, 0.25) is 0 Å². The first kappa shape index (κ1) is 15.4. The second-order valence-corrected chi connectivity index (χ2v) is 2.68. The fourth-order valence-electron chi connectivity index (χ4n) is 0.684. The van der Waals surface area contributed by atoms with Crippen molar-refractivity contribution >= 4 is 5.71 Å². The Kier molecular flexibility index (Phi) is 10.9. The van der Waals surface area contributed by atoms with Crippen LogP contribution in [0.5, 0.6) is 0 Å². The Bertz CT molecular complexity index is 232. The second-order valence-electron chi connectivity index (χ2n) is 2.68. The molecule has 0 saturated carbocycles. The average Bonchev–Trinajstić information content (AvgIpc) is 2.27. The average molecular weight is 193 g/mol. The zero-order valence-corrected chi connectivity index (χ0v) is 10.2. The molecule has 1 heteroatoms. The first-order valence-electron chi connectivity index (χ1n) is 5.15. The lowest BCUT2D eigenvalue weighted by Gasteiger charge is -1.99. The van der Waals surface area contributed by atoms with Crippen molar-refractivity contribution in [2.24, 2.45) is 4.99 Å². The number of aliphatic imine (C=N–C) groups is 1. The van der Waals surface area contributed by atoms with Crippen LogP contribution in [0.3, 0.4) is 0 Å². The topological polar surface area (TPSA) is 12.4 Å². The summed E-state index contributed by atoms with van der Waals surface area (Å²) >= 11 is 0. The molecule has 0 spiro atoms. The van der Waals surface area contributed by atoms with Gasteiger partial charge in [0.25, 0.3) is 0 Å². The Morgan fingerprint density at radius 2 is 1.64 bits per heavy atom. The van der Waals surface area contributed by atoms with Gasteiger partial charge in [0, 0.05) is 5.71 Å². The van der Waals surface area contributed by atoms with E-state index in [1.165, 1.54) is 0 Å². The monoisotopic (exact) mass is 193 g/mol. The predicted molar refractivity (Wildman–Crippen MR) is 67.8 cm³/mol. The highest BCUT2D eigenvalue weighted by atomic mass is 14.7. The van der Waals surface area contributed by atoms with Crippen LogP contribution in [0.25, 0.3) is 0 Å². The fraction of sp³-hybridized carbons (Fsp3) is 0.462. The zero-order chi connectivity index (χ0) is 11.6. The number of hydrogen-bond acceptors (Lipinski definition) is 1. The molecule has 14 heavy (non-hydrogen) atoms. The van der Waals surface area contributed by atoms with Gasteiger partial charge in [-0.05, 0) is 31.9 Å². The van der Waals surface area contributed by atoms with Gasteiger partial charge in [-0.3, -0.25) is 4.99 Å². The lowest BCUT2D eigenvalue weighted by Crippen LogP contribution is -1.89. The molecule has 0 aliphatic rings. The van der Waals surface area contributed by atoms with Crippen LogP contribution >= 0.6 is 0 Å². The molecule has 0 aliphatic heterocycles. The lowest BCUT2D eigenvalue weighted by molar-refractivity contribution is 1.21. The minimum Gasteiger partial charge on any atom is -0.258 e. The number of rotatable bonds is 4. The van der Waals surface area contributed by atoms with E-state index in [1.807, 2.05) is 27.7 Å². The number of hydrogen-bond donors (Lipinski definition) is 0. The van der Waals surface area contributed by atoms with Gasteiger partial charge in [0.15, 0.2) is 0 Å². The maximum absolute atomic E-state index is 4.39. The molecule has 0 fully saturated rings. The molecule has 0 rings (SSSR count). The van der Waals surface area contributed by atoms with Crippen molar-refractivity contribution in [1.82, 2.24) is 0 Å². The summed E-state index contributed by atoms with van der Waals surface area (Å²) in [6.07, 6.45) is 4.53. The van der Waals surface area contributed by atoms with Crippen molar-refractivity contribution in [2.75, 3.05) is 0 Å². The highest BCUT2D eigenvalue weighted by Crippen LogP contribution is 2.08. The maximum atomic E-state index is 4.39. The summed E-state index contributed by atoms with van der Waals surface area (Å²) in [5.74, 6) is 0. The molecule has 0 aromatic carbocycles. The zero-order valence-electron chi connectivity index (χ0n) is 10.2. The van der Waals surface area contributed by atoms with Gasteiger partial charge in [-0.2, -0.15) is 0 Å². The van der Waals surface area contributed by atoms with Crippen molar-refractivity contribution in [3.8, 4) is 0 Å². The summed E-state index contributed by atoms with van der Waals surface area (Å²) in [4.78, 5) is 4.39. The van der Waals surface area contributed by atoms with E-state index in [1.54, 1.807) is 12.2 Å². The Morgan fingerprint density at radius 1 is 1.14 bits per heavy atom. The van der Waals surface area contributed by atoms with Gasteiger partial charge >= 0.3 is 0 Å². The molecule has 0 N–H and O–H groups in total. The quantitative estimate of drug-likeness (QED) is 0.459. The van der Waals surface area contributed by atoms with E-state index < -0.39 is 0 Å². The van der Waals surface area contributed by atoms with Crippen LogP contribution in [-0.2, 0) is 0 Å². The van der Waals surface area contributed by atoms with Crippen LogP contribution in [0.15, 0.2) is 41.6 Å². The van der Waals surface area contributed by atoms with E-state index in [2.05, 4.69) is 25.1 Å². The van der Waals surface area contributed by atoms with Gasteiger partial charge in [0.2, 0.25) is 0 Å². The predicted octanol–water partition coefficient (Wildman–Crippen LogP) is 4.53. The van der Waals surface area contributed by atoms with E-state index in [0.29, 0.717) is 0 Å². The molecule has 0 aliphatic carbocycles. The van der Waals surface area contributed by atoms with Gasteiger partial charge in [-0.15, -0.1) is 0 Å². The fourth-order valence-corrected chi connectivity index (χ4v) is 0.684. The van der Waals surface area contributed by atoms with Crippen molar-refractivity contribution in [3.63, 3.8) is 0 Å². The Hall–Kier alpha value is -1.11. The van der Waals surface area contributed by atoms with Crippen molar-refractivity contribution in [1.29, 1.82) is 0 Å². The summed E-state index contributed by atoms with van der Waals surface area (Å²) in [5.41, 5.74) is 3.10. The van der Waals surface area contributed by atoms with Crippen LogP contribution in [0, 0.1) is 0 Å². The standard InChI is InChI=1S/C11H17N.C2H6/c1-6-9(4)11(8-3)12-10(5)7-2;1-2/h6,8H,1,3,7H2,2,4-5H3;1-2H3/b11-9+,12-10?;. The van der Waals surface area contributed by atoms with Crippen LogP contribution in [-0.4, -0.2) is 5.71 Å². The molecule has 0 heterocycles. The summed E-state index contributed by atoms with van der Waals surface area (Å²) in [6, 6.07) is 0. The minimum absolute atomic E-state index is 0.921. The molecule has 1 nitrogen and oxygen atoms in total. The first-order chi connectivity index (χ1) is 6.65. The lowest BCUT2D eigenvalue weighted by atomic mass is 10.2. The summed E-state index contributed by atoms with van der Waals surface area (Å²) in [6.45, 7) is 17.5. The third-order valence-electron chi connectivity index (χ3n) is 1.73. The van der Waals surface area contributed by atoms with E-state index in [9.17, 15) is 0 Å². The van der Waals surface area contributed by atoms with Crippen molar-refractivity contribution < 1.29 is 0 Å². The van der Waals surface area contributed by atoms with Gasteiger partial charge in [-0.1, -0.05) is 40.0 Å². The number of allylic oxidation sites excluding steroid dienone is 3. The maximum Gasteiger partial charge on any atom is 0.0651 e. The second kappa shape index (κ2) is 9.97. The smallest absolute Gasteiger partial charge is 0.0651 e. The molecule has 0 aromatic heterocycles. The molecule has 80 valence electrons. The van der Waals surface area contributed by atoms with E-state index in [0.717, 1.165) is 23.4 Å². The first-order valence-corrected chi connectivity index (χ1v) is 5.15. The SMILES string of the molecule is C=C/C(C)=C(\C=C)N=C(C)CC.CC. The number of nitrogens with zero attached hydrogens (tertiary/aromatic N) is 1. The van der Waals surface area contributed by atoms with Crippen molar-refractivity contribution in [2.45, 2.75) is 41.0 Å². The van der Waals surface area contributed by atoms with Crippen LogP contribution < -0.4 is 0 Å². The minimum atomic E-state index is 0.921. The van der Waals surface area contributed by atoms with Gasteiger partial charge in [0.05, 0.1) is 5.70 Å².